The molecule has 1 aromatic carbocycles. The molecule has 1 aliphatic rings. The molecule has 182 valence electrons. The van der Waals surface area contributed by atoms with Gasteiger partial charge in [-0.15, -0.1) is 5.73 Å². The molecule has 0 saturated carbocycles. The third-order valence-electron chi connectivity index (χ3n) is 5.35. The van der Waals surface area contributed by atoms with E-state index in [2.05, 4.69) is 15.3 Å². The number of H-pyrrole nitrogens is 1. The number of rotatable bonds is 5. The molecule has 0 unspecified atom stereocenters. The lowest BCUT2D eigenvalue weighted by Gasteiger charge is -2.27. The second-order valence-corrected chi connectivity index (χ2v) is 7.75. The first-order valence-electron chi connectivity index (χ1n) is 9.98. The molecule has 1 aliphatic carbocycles. The van der Waals surface area contributed by atoms with Gasteiger partial charge in [-0.1, -0.05) is 0 Å². The van der Waals surface area contributed by atoms with Crippen LogP contribution in [-0.4, -0.2) is 26.6 Å². The standard InChI is InChI=1S/C22H14F6N4O3/c1-9(17-15(25)7-13(24)8-29-17)30-19(33)18(10-4-11(5-10)22(26,27)28)32-20(34)14-6-12(23)2-3-16(14)31-21(32)35/h2-3,6-9,18H,4H2,1H3,(H,30,33)(H,31,35)/t9-,18+/m1/s1. The van der Waals surface area contributed by atoms with Gasteiger partial charge in [-0.2, -0.15) is 13.2 Å². The quantitative estimate of drug-likeness (QED) is 0.419. The number of nitrogens with zero attached hydrogens (tertiary/aromatic N) is 2. The van der Waals surface area contributed by atoms with E-state index in [1.165, 1.54) is 6.92 Å². The molecule has 0 aliphatic heterocycles. The monoisotopic (exact) mass is 496 g/mol. The van der Waals surface area contributed by atoms with Crippen LogP contribution in [0.4, 0.5) is 26.3 Å². The molecule has 13 heteroatoms. The molecule has 35 heavy (non-hydrogen) atoms. The maximum absolute atomic E-state index is 14.1. The fourth-order valence-electron chi connectivity index (χ4n) is 3.67. The normalized spacial score (nSPS) is 15.2. The molecule has 0 fully saturated rings. The van der Waals surface area contributed by atoms with Crippen molar-refractivity contribution in [3.8, 4) is 0 Å². The van der Waals surface area contributed by atoms with E-state index in [1.54, 1.807) is 0 Å². The van der Waals surface area contributed by atoms with E-state index >= 15 is 0 Å². The number of carbonyl (C=O) groups is 1. The van der Waals surface area contributed by atoms with Crippen molar-refractivity contribution < 1.29 is 31.1 Å². The van der Waals surface area contributed by atoms with Crippen LogP contribution in [0.15, 0.2) is 56.9 Å². The molecule has 4 rings (SSSR count). The summed E-state index contributed by atoms with van der Waals surface area (Å²) in [6.45, 7) is 1.26. The average molecular weight is 496 g/mol. The zero-order chi connectivity index (χ0) is 25.7. The number of halogens is 6. The smallest absolute Gasteiger partial charge is 0.346 e. The number of aromatic amines is 1. The topological polar surface area (TPSA) is 96.9 Å². The summed E-state index contributed by atoms with van der Waals surface area (Å²) >= 11 is 0. The van der Waals surface area contributed by atoms with Crippen molar-refractivity contribution in [3.05, 3.63) is 91.3 Å². The molecule has 0 bridgehead atoms. The number of hydrogen-bond acceptors (Lipinski definition) is 4. The zero-order valence-electron chi connectivity index (χ0n) is 17.6. The Hall–Kier alpha value is -4.12. The highest BCUT2D eigenvalue weighted by Crippen LogP contribution is 2.39. The first-order valence-corrected chi connectivity index (χ1v) is 9.98. The second-order valence-electron chi connectivity index (χ2n) is 7.75. The summed E-state index contributed by atoms with van der Waals surface area (Å²) in [5.41, 5.74) is -2.24. The van der Waals surface area contributed by atoms with Gasteiger partial charge >= 0.3 is 11.9 Å². The highest BCUT2D eigenvalue weighted by molar-refractivity contribution is 5.85. The van der Waals surface area contributed by atoms with Gasteiger partial charge in [0.2, 0.25) is 5.91 Å². The Labute approximate surface area is 191 Å². The van der Waals surface area contributed by atoms with Crippen LogP contribution >= 0.6 is 0 Å². The maximum atomic E-state index is 14.1. The van der Waals surface area contributed by atoms with E-state index in [0.29, 0.717) is 16.8 Å². The molecular weight excluding hydrogens is 482 g/mol. The summed E-state index contributed by atoms with van der Waals surface area (Å²) in [5.74, 6) is -4.07. The van der Waals surface area contributed by atoms with E-state index < -0.39 is 70.6 Å². The number of nitrogens with one attached hydrogen (secondary N) is 2. The molecule has 2 aromatic heterocycles. The Bertz CT molecular complexity index is 1550. The molecule has 1 amide bonds. The van der Waals surface area contributed by atoms with Crippen molar-refractivity contribution in [1.29, 1.82) is 0 Å². The molecule has 2 heterocycles. The number of fused-ring (bicyclic) bond motifs is 1. The Morgan fingerprint density at radius 1 is 1.17 bits per heavy atom. The van der Waals surface area contributed by atoms with Gasteiger partial charge in [0, 0.05) is 18.1 Å². The predicted octanol–water partition coefficient (Wildman–Crippen LogP) is 3.34. The number of hydrogen-bond donors (Lipinski definition) is 2. The molecular formula is C22H14F6N4O3. The second kappa shape index (κ2) is 8.58. The minimum absolute atomic E-state index is 0.0585. The molecule has 7 nitrogen and oxygen atoms in total. The van der Waals surface area contributed by atoms with Crippen molar-refractivity contribution in [2.75, 3.05) is 0 Å². The highest BCUT2D eigenvalue weighted by atomic mass is 19.4. The van der Waals surface area contributed by atoms with Gasteiger partial charge in [-0.3, -0.25) is 14.6 Å². The number of pyridine rings is 1. The fraction of sp³-hybridized carbons (Fsp3) is 0.227. The number of alkyl halides is 3. The molecule has 0 spiro atoms. The van der Waals surface area contributed by atoms with E-state index in [0.717, 1.165) is 18.2 Å². The molecule has 2 N–H and O–H groups in total. The third-order valence-corrected chi connectivity index (χ3v) is 5.35. The summed E-state index contributed by atoms with van der Waals surface area (Å²) in [6, 6.07) is 0.252. The minimum Gasteiger partial charge on any atom is -0.346 e. The van der Waals surface area contributed by atoms with Crippen molar-refractivity contribution in [2.45, 2.75) is 31.6 Å². The molecule has 0 saturated heterocycles. The van der Waals surface area contributed by atoms with E-state index in [-0.39, 0.29) is 16.5 Å². The average Bonchev–Trinajstić information content (AvgIpc) is 2.71. The van der Waals surface area contributed by atoms with Gasteiger partial charge in [-0.25, -0.2) is 22.5 Å². The van der Waals surface area contributed by atoms with Crippen LogP contribution in [0.5, 0.6) is 0 Å². The minimum atomic E-state index is -4.75. The zero-order valence-corrected chi connectivity index (χ0v) is 17.6. The van der Waals surface area contributed by atoms with Gasteiger partial charge in [0.1, 0.15) is 23.5 Å². The van der Waals surface area contributed by atoms with E-state index in [9.17, 15) is 40.7 Å². The van der Waals surface area contributed by atoms with Gasteiger partial charge in [0.15, 0.2) is 0 Å². The lowest BCUT2D eigenvalue weighted by molar-refractivity contribution is -0.124. The van der Waals surface area contributed by atoms with Gasteiger partial charge in [0.25, 0.3) is 5.56 Å². The highest BCUT2D eigenvalue weighted by Gasteiger charge is 2.42. The van der Waals surface area contributed by atoms with Gasteiger partial charge < -0.3 is 10.3 Å². The van der Waals surface area contributed by atoms with Crippen molar-refractivity contribution in [2.24, 2.45) is 0 Å². The molecule has 2 atom stereocenters. The molecule has 3 aromatic rings. The van der Waals surface area contributed by atoms with Gasteiger partial charge in [0.05, 0.1) is 34.4 Å². The number of benzene rings is 1. The summed E-state index contributed by atoms with van der Waals surface area (Å²) in [7, 11) is 0. The van der Waals surface area contributed by atoms with Crippen molar-refractivity contribution in [1.82, 2.24) is 19.9 Å². The van der Waals surface area contributed by atoms with Crippen LogP contribution in [0, 0.1) is 17.5 Å². The Morgan fingerprint density at radius 2 is 1.86 bits per heavy atom. The largest absolute Gasteiger partial charge is 0.420 e. The van der Waals surface area contributed by atoms with Gasteiger partial charge in [-0.05, 0) is 25.1 Å². The van der Waals surface area contributed by atoms with E-state index in [1.807, 2.05) is 5.73 Å². The van der Waals surface area contributed by atoms with Crippen molar-refractivity contribution >= 4 is 16.8 Å². The Morgan fingerprint density at radius 3 is 2.49 bits per heavy atom. The summed E-state index contributed by atoms with van der Waals surface area (Å²) < 4.78 is 80.3. The third kappa shape index (κ3) is 4.50. The van der Waals surface area contributed by atoms with Crippen LogP contribution in [-0.2, 0) is 4.79 Å². The summed E-state index contributed by atoms with van der Waals surface area (Å²) in [4.78, 5) is 44.7. The lowest BCUT2D eigenvalue weighted by Crippen LogP contribution is -2.46. The van der Waals surface area contributed by atoms with Crippen LogP contribution in [0.25, 0.3) is 10.9 Å². The van der Waals surface area contributed by atoms with Crippen LogP contribution < -0.4 is 16.6 Å². The number of carbonyl (C=O) groups excluding carboxylic acids is 1. The lowest BCUT2D eigenvalue weighted by atomic mass is 9.90. The Balaban J connectivity index is 1.84. The van der Waals surface area contributed by atoms with Crippen LogP contribution in [0.2, 0.25) is 0 Å². The van der Waals surface area contributed by atoms with Crippen molar-refractivity contribution in [3.63, 3.8) is 0 Å². The predicted molar refractivity (Wildman–Crippen MR) is 110 cm³/mol. The first-order chi connectivity index (χ1) is 16.4. The fourth-order valence-corrected chi connectivity index (χ4v) is 3.67. The first kappa shape index (κ1) is 24.0. The number of aromatic nitrogens is 3. The summed E-state index contributed by atoms with van der Waals surface area (Å²) in [5, 5.41) is 1.94. The molecule has 0 radical (unpaired) electrons. The SMILES string of the molecule is C[C@@H](NC(=O)[C@H](C1=C=C(C(F)(F)F)C1)n1c(=O)[nH]c2ccc(F)cc2c1=O)c1ncc(F)cc1F. The number of amides is 1. The van der Waals surface area contributed by atoms with Crippen LogP contribution in [0.3, 0.4) is 0 Å². The van der Waals surface area contributed by atoms with Crippen LogP contribution in [0.1, 0.15) is 31.1 Å². The Kier molecular flexibility index (Phi) is 5.89. The maximum Gasteiger partial charge on any atom is 0.420 e. The van der Waals surface area contributed by atoms with E-state index in [4.69, 9.17) is 0 Å². The summed E-state index contributed by atoms with van der Waals surface area (Å²) in [6.07, 6.45) is -4.87.